The fourth-order valence-electron chi connectivity index (χ4n) is 12.4. The number of aromatic nitrogens is 7. The highest BCUT2D eigenvalue weighted by molar-refractivity contribution is 6.35. The first-order valence-corrected chi connectivity index (χ1v) is 49.5. The minimum Gasteiger partial charge on any atom is -0.491 e. The third-order valence-electron chi connectivity index (χ3n) is 21.2. The van der Waals surface area contributed by atoms with Crippen molar-refractivity contribution in [3.8, 4) is 17.2 Å². The maximum absolute atomic E-state index is 13.9. The Morgan fingerprint density at radius 1 is 0.345 bits per heavy atom. The molecule has 0 N–H and O–H groups in total. The Morgan fingerprint density at radius 3 is 1.18 bits per heavy atom. The van der Waals surface area contributed by atoms with Gasteiger partial charge in [0.1, 0.15) is 17.1 Å². The molecular weight excluding hydrogens is 1790 g/mol. The van der Waals surface area contributed by atoms with Gasteiger partial charge < -0.3 is 23.3 Å². The molecule has 782 valence electrons. The maximum atomic E-state index is 13.9. The van der Waals surface area contributed by atoms with Crippen LogP contribution in [0.15, 0.2) is 120 Å². The van der Waals surface area contributed by atoms with Gasteiger partial charge in [-0.3, -0.25) is 53.1 Å². The Balaban J connectivity index is 0. The SMILES string of the molecule is C.C.CC(C)(C)CCCc1cncc(C(=O)C(C)(C)C)c1.CC(C)(C)CCCc1cncc(C(=O)C(C)(C)C)c1Cl.CC(C)(C)CCCn1cc(C(=O)C(C)(C)C)ccc1=O.CC(C)(C)CCOc1c(Cl)ccnc1C(=O)C(C)(C)C.CC(C)(C)CCOc1c(F)ccnc1C(=O)C(C)(C)C.CC(C)(C)CCOc1cccnc1C(=O)C(C)(C)C.CC(C)(C)CCn1ccc(C(=O)C(C)(C)C)cc1=O. The Kier molecular flexibility index (Phi) is 52.5. The van der Waals surface area contributed by atoms with E-state index in [1.54, 1.807) is 91.4 Å². The zero-order valence-corrected chi connectivity index (χ0v) is 94.1. The van der Waals surface area contributed by atoms with E-state index in [-0.39, 0.29) is 110 Å². The third-order valence-corrected chi connectivity index (χ3v) is 21.9. The second-order valence-corrected chi connectivity index (χ2v) is 52.5. The lowest BCUT2D eigenvalue weighted by Crippen LogP contribution is -2.26. The second kappa shape index (κ2) is 55.2. The zero-order valence-electron chi connectivity index (χ0n) is 92.6. The molecule has 0 aliphatic carbocycles. The molecular formula is C117H186Cl2FN7O12. The number of rotatable bonds is 27. The predicted octanol–water partition coefficient (Wildman–Crippen LogP) is 31.9. The van der Waals surface area contributed by atoms with Crippen molar-refractivity contribution in [3.63, 3.8) is 0 Å². The summed E-state index contributed by atoms with van der Waals surface area (Å²) in [5, 5.41) is 1.01. The highest BCUT2D eigenvalue weighted by atomic mass is 35.5. The van der Waals surface area contributed by atoms with E-state index in [2.05, 4.69) is 170 Å². The van der Waals surface area contributed by atoms with Crippen molar-refractivity contribution in [2.75, 3.05) is 19.8 Å². The van der Waals surface area contributed by atoms with Crippen LogP contribution in [0.25, 0.3) is 0 Å². The first-order valence-electron chi connectivity index (χ1n) is 48.7. The summed E-state index contributed by atoms with van der Waals surface area (Å²) >= 11 is 12.6. The lowest BCUT2D eigenvalue weighted by atomic mass is 9.86. The summed E-state index contributed by atoms with van der Waals surface area (Å²) in [6.45, 7) is 87.8. The summed E-state index contributed by atoms with van der Waals surface area (Å²) in [6.07, 6.45) is 26.7. The lowest BCUT2D eigenvalue weighted by molar-refractivity contribution is 0.0840. The molecule has 0 aliphatic heterocycles. The number of ether oxygens (including phenoxy) is 3. The Hall–Kier alpha value is -8.75. The Morgan fingerprint density at radius 2 is 0.734 bits per heavy atom. The molecule has 0 fully saturated rings. The third kappa shape index (κ3) is 53.3. The Bertz CT molecular complexity index is 5080. The molecule has 0 aliphatic rings. The molecule has 0 unspecified atom stereocenters. The quantitative estimate of drug-likeness (QED) is 0.0434. The summed E-state index contributed by atoms with van der Waals surface area (Å²) in [5.41, 5.74) is 3.63. The molecule has 0 bridgehead atoms. The van der Waals surface area contributed by atoms with Gasteiger partial charge in [-0.05, 0) is 169 Å². The van der Waals surface area contributed by atoms with Crippen LogP contribution in [0.3, 0.4) is 0 Å². The highest BCUT2D eigenvalue weighted by Crippen LogP contribution is 2.37. The van der Waals surface area contributed by atoms with E-state index < -0.39 is 38.3 Å². The summed E-state index contributed by atoms with van der Waals surface area (Å²) in [7, 11) is 0. The summed E-state index contributed by atoms with van der Waals surface area (Å²) < 4.78 is 34.2. The number of nitrogens with zero attached hydrogens (tertiary/aromatic N) is 7. The summed E-state index contributed by atoms with van der Waals surface area (Å²) in [4.78, 5) is 131. The number of hydrogen-bond donors (Lipinski definition) is 0. The van der Waals surface area contributed by atoms with Crippen molar-refractivity contribution < 1.29 is 52.2 Å². The van der Waals surface area contributed by atoms with E-state index in [9.17, 15) is 47.5 Å². The summed E-state index contributed by atoms with van der Waals surface area (Å²) in [5.74, 6) is 0.440. The molecule has 0 aromatic carbocycles. The molecule has 139 heavy (non-hydrogen) atoms. The molecule has 7 rings (SSSR count). The van der Waals surface area contributed by atoms with Gasteiger partial charge in [0.15, 0.2) is 63.5 Å². The van der Waals surface area contributed by atoms with Gasteiger partial charge in [0.25, 0.3) is 11.1 Å². The second-order valence-electron chi connectivity index (χ2n) is 51.8. The van der Waals surface area contributed by atoms with Crippen LogP contribution in [-0.2, 0) is 25.9 Å². The van der Waals surface area contributed by atoms with E-state index in [1.807, 2.05) is 143 Å². The van der Waals surface area contributed by atoms with Crippen LogP contribution in [0.5, 0.6) is 17.2 Å². The van der Waals surface area contributed by atoms with Crippen LogP contribution >= 0.6 is 23.2 Å². The van der Waals surface area contributed by atoms with Gasteiger partial charge in [-0.15, -0.1) is 0 Å². The monoisotopic (exact) mass is 1970 g/mol. The van der Waals surface area contributed by atoms with Crippen molar-refractivity contribution in [2.24, 2.45) is 75.8 Å². The molecule has 7 heterocycles. The van der Waals surface area contributed by atoms with Crippen LogP contribution in [0, 0.1) is 81.6 Å². The number of carbonyl (C=O) groups is 7. The van der Waals surface area contributed by atoms with Crippen LogP contribution in [-0.4, -0.2) is 94.4 Å². The smallest absolute Gasteiger partial charge is 0.251 e. The van der Waals surface area contributed by atoms with Crippen molar-refractivity contribution in [2.45, 2.75) is 396 Å². The van der Waals surface area contributed by atoms with Gasteiger partial charge in [-0.25, -0.2) is 19.3 Å². The predicted molar refractivity (Wildman–Crippen MR) is 579 cm³/mol. The number of Topliss-reactive ketones (excluding diaryl/α,β-unsaturated/α-hetero) is 7. The molecule has 0 atom stereocenters. The van der Waals surface area contributed by atoms with Crippen LogP contribution in [0.4, 0.5) is 4.39 Å². The van der Waals surface area contributed by atoms with E-state index >= 15 is 0 Å². The topological polar surface area (TPSA) is 256 Å². The van der Waals surface area contributed by atoms with E-state index in [1.165, 1.54) is 42.6 Å². The van der Waals surface area contributed by atoms with Gasteiger partial charge >= 0.3 is 0 Å². The van der Waals surface area contributed by atoms with Crippen molar-refractivity contribution in [1.82, 2.24) is 34.1 Å². The number of ketones is 7. The molecule has 0 amide bonds. The number of halogens is 3. The number of pyridine rings is 7. The largest absolute Gasteiger partial charge is 0.491 e. The molecule has 0 radical (unpaired) electrons. The lowest BCUT2D eigenvalue weighted by Gasteiger charge is -2.21. The Labute approximate surface area is 850 Å². The minimum atomic E-state index is -0.622. The molecule has 22 heteroatoms. The van der Waals surface area contributed by atoms with Gasteiger partial charge in [-0.1, -0.05) is 329 Å². The zero-order chi connectivity index (χ0) is 106. The van der Waals surface area contributed by atoms with E-state index in [0.29, 0.717) is 93.4 Å². The number of hydrogen-bond acceptors (Lipinski definition) is 17. The molecule has 0 spiro atoms. The summed E-state index contributed by atoms with van der Waals surface area (Å²) in [6, 6.07) is 14.8. The van der Waals surface area contributed by atoms with Crippen LogP contribution in [0.1, 0.15) is 454 Å². The van der Waals surface area contributed by atoms with Crippen LogP contribution in [0.2, 0.25) is 10.0 Å². The van der Waals surface area contributed by atoms with Crippen molar-refractivity contribution >= 4 is 63.7 Å². The first kappa shape index (κ1) is 132. The van der Waals surface area contributed by atoms with Crippen LogP contribution < -0.4 is 25.3 Å². The molecule has 19 nitrogen and oxygen atoms in total. The van der Waals surface area contributed by atoms with Gasteiger partial charge in [0, 0.05) is 136 Å². The molecule has 7 aromatic heterocycles. The number of carbonyl (C=O) groups excluding carboxylic acids is 7. The van der Waals surface area contributed by atoms with Crippen molar-refractivity contribution in [1.29, 1.82) is 0 Å². The highest BCUT2D eigenvalue weighted by Gasteiger charge is 2.34. The normalized spacial score (nSPS) is 12.3. The molecule has 0 saturated carbocycles. The van der Waals surface area contributed by atoms with E-state index in [4.69, 9.17) is 37.4 Å². The number of aryl methyl sites for hydroxylation is 4. The average Bonchev–Trinajstić information content (AvgIpc) is 0.857. The van der Waals surface area contributed by atoms with Gasteiger partial charge in [-0.2, -0.15) is 0 Å². The average molecular weight is 1970 g/mol. The van der Waals surface area contributed by atoms with E-state index in [0.717, 1.165) is 81.8 Å². The standard InChI is InChI=1S/C17H26ClNO.C17H27NO2.C17H27NO.C16H24ClNO2.C16H24FNO2.2C16H25NO2.2CH4/c1-16(2,3)9-7-8-12-10-19-11-13(14(12)18)15(20)17(4,5)6;1-16(2,3)10-7-11-18-12-13(8-9-14(18)19)15(20)17(4,5)6;1-16(2,3)9-7-8-13-10-14(12-18-11-13)15(19)17(4,5)6;2*1-15(2,3)8-10-20-13-11(17)7-9-18-12(13)14(19)16(4,5)6;1-15(2,3)8-10-17-9-7-12(11-13(17)18)14(19)16(4,5)6;1-15(2,3)9-11-19-12-8-7-10-17-13(12)14(18)16(4,5)6;;/h10-11H,7-9H2,1-6H3;8-9,12H,7,10-11H2,1-6H3;10-12H,7-9H2,1-6H3;2*7,9H,8,10H2,1-6H3;7,9,11H,8,10H2,1-6H3;7-8,10H,9,11H2,1-6H3;2*1H4. The van der Waals surface area contributed by atoms with Crippen molar-refractivity contribution in [3.05, 3.63) is 197 Å². The first-order chi connectivity index (χ1) is 61.8. The van der Waals surface area contributed by atoms with Gasteiger partial charge in [0.2, 0.25) is 0 Å². The fraction of sp³-hybridized carbons (Fsp3) is 0.641. The molecule has 7 aromatic rings. The molecule has 0 saturated heterocycles. The fourth-order valence-corrected chi connectivity index (χ4v) is 12.9. The minimum absolute atomic E-state index is 0. The maximum Gasteiger partial charge on any atom is 0.251 e. The van der Waals surface area contributed by atoms with Gasteiger partial charge in [0.05, 0.1) is 35.4 Å².